The number of hydrogen-bond acceptors (Lipinski definition) is 5. The molecule has 3 rings (SSSR count). The SMILES string of the molecule is Cn1cc(-c2cnn(C(CCOC(F)F)c3ccc(Br)cn3)c2)nn1. The molecule has 0 spiro atoms. The highest BCUT2D eigenvalue weighted by Gasteiger charge is 2.18. The van der Waals surface area contributed by atoms with Gasteiger partial charge in [0, 0.05) is 29.5 Å². The second-order valence-electron chi connectivity index (χ2n) is 5.32. The Bertz CT molecular complexity index is 820. The van der Waals surface area contributed by atoms with Crippen LogP contribution in [-0.4, -0.2) is 43.0 Å². The molecule has 0 saturated carbocycles. The largest absolute Gasteiger partial charge is 0.345 e. The predicted octanol–water partition coefficient (Wildman–Crippen LogP) is 3.05. The molecule has 10 heteroatoms. The van der Waals surface area contributed by atoms with Crippen molar-refractivity contribution in [2.75, 3.05) is 6.61 Å². The van der Waals surface area contributed by atoms with Gasteiger partial charge in [-0.2, -0.15) is 13.9 Å². The summed E-state index contributed by atoms with van der Waals surface area (Å²) in [5.41, 5.74) is 2.17. The van der Waals surface area contributed by atoms with E-state index in [0.29, 0.717) is 17.8 Å². The summed E-state index contributed by atoms with van der Waals surface area (Å²) >= 11 is 3.33. The highest BCUT2D eigenvalue weighted by molar-refractivity contribution is 9.10. The highest BCUT2D eigenvalue weighted by Crippen LogP contribution is 2.24. The molecule has 3 heterocycles. The lowest BCUT2D eigenvalue weighted by molar-refractivity contribution is -0.130. The summed E-state index contributed by atoms with van der Waals surface area (Å²) in [7, 11) is 1.77. The Labute approximate surface area is 150 Å². The van der Waals surface area contributed by atoms with Crippen LogP contribution in [0.4, 0.5) is 8.78 Å². The maximum absolute atomic E-state index is 12.3. The molecule has 0 N–H and O–H groups in total. The standard InChI is InChI=1S/C15H15BrF2N6O/c1-23-9-13(21-22-23)10-6-20-24(8-10)14(4-5-25-15(17)18)12-3-2-11(16)7-19-12/h2-3,6-9,14-15H,4-5H2,1H3. The van der Waals surface area contributed by atoms with Crippen LogP contribution in [0.3, 0.4) is 0 Å². The topological polar surface area (TPSA) is 70.7 Å². The number of rotatable bonds is 7. The molecule has 0 aliphatic carbocycles. The normalized spacial score (nSPS) is 12.7. The Kier molecular flexibility index (Phi) is 5.49. The molecular formula is C15H15BrF2N6O. The van der Waals surface area contributed by atoms with Gasteiger partial charge >= 0.3 is 6.61 Å². The van der Waals surface area contributed by atoms with Crippen molar-refractivity contribution in [3.8, 4) is 11.3 Å². The fourth-order valence-corrected chi connectivity index (χ4v) is 2.62. The number of nitrogens with zero attached hydrogens (tertiary/aromatic N) is 6. The van der Waals surface area contributed by atoms with Crippen molar-refractivity contribution in [2.45, 2.75) is 19.1 Å². The molecule has 0 radical (unpaired) electrons. The average Bonchev–Trinajstić information content (AvgIpc) is 3.21. The summed E-state index contributed by atoms with van der Waals surface area (Å²) < 4.78 is 33.1. The quantitative estimate of drug-likeness (QED) is 0.596. The van der Waals surface area contributed by atoms with Crippen molar-refractivity contribution in [2.24, 2.45) is 7.05 Å². The minimum atomic E-state index is -2.80. The van der Waals surface area contributed by atoms with Crippen LogP contribution >= 0.6 is 15.9 Å². The van der Waals surface area contributed by atoms with Crippen LogP contribution in [0.2, 0.25) is 0 Å². The molecular weight excluding hydrogens is 398 g/mol. The molecule has 1 atom stereocenters. The average molecular weight is 413 g/mol. The van der Waals surface area contributed by atoms with Crippen LogP contribution in [0, 0.1) is 0 Å². The maximum atomic E-state index is 12.3. The minimum Gasteiger partial charge on any atom is -0.323 e. The number of aromatic nitrogens is 6. The van der Waals surface area contributed by atoms with Gasteiger partial charge in [-0.1, -0.05) is 5.21 Å². The Morgan fingerprint density at radius 3 is 2.72 bits per heavy atom. The van der Waals surface area contributed by atoms with Crippen molar-refractivity contribution in [1.82, 2.24) is 29.8 Å². The van der Waals surface area contributed by atoms with E-state index in [9.17, 15) is 8.78 Å². The first-order chi connectivity index (χ1) is 12.0. The number of pyridine rings is 1. The Morgan fingerprint density at radius 2 is 2.08 bits per heavy atom. The first-order valence-corrected chi connectivity index (χ1v) is 8.24. The summed E-state index contributed by atoms with van der Waals surface area (Å²) in [5.74, 6) is 0. The van der Waals surface area contributed by atoms with Gasteiger partial charge in [-0.25, -0.2) is 0 Å². The third kappa shape index (κ3) is 4.45. The molecule has 0 saturated heterocycles. The molecule has 0 aliphatic rings. The first kappa shape index (κ1) is 17.6. The molecule has 132 valence electrons. The fourth-order valence-electron chi connectivity index (χ4n) is 2.39. The lowest BCUT2D eigenvalue weighted by Crippen LogP contribution is -2.16. The number of alkyl halides is 2. The summed E-state index contributed by atoms with van der Waals surface area (Å²) in [5, 5.41) is 12.3. The summed E-state index contributed by atoms with van der Waals surface area (Å²) in [6, 6.07) is 3.33. The smallest absolute Gasteiger partial charge is 0.323 e. The number of aryl methyl sites for hydroxylation is 1. The number of halogens is 3. The van der Waals surface area contributed by atoms with Crippen molar-refractivity contribution in [1.29, 1.82) is 0 Å². The van der Waals surface area contributed by atoms with E-state index in [0.717, 1.165) is 10.0 Å². The third-order valence-electron chi connectivity index (χ3n) is 3.55. The summed E-state index contributed by atoms with van der Waals surface area (Å²) in [6.07, 6.45) is 7.18. The second kappa shape index (κ2) is 7.79. The van der Waals surface area contributed by atoms with E-state index >= 15 is 0 Å². The van der Waals surface area contributed by atoms with Crippen molar-refractivity contribution < 1.29 is 13.5 Å². The lowest BCUT2D eigenvalue weighted by Gasteiger charge is -2.17. The number of ether oxygens (including phenoxy) is 1. The number of hydrogen-bond donors (Lipinski definition) is 0. The second-order valence-corrected chi connectivity index (χ2v) is 6.24. The van der Waals surface area contributed by atoms with E-state index in [1.54, 1.807) is 41.2 Å². The molecule has 1 unspecified atom stereocenters. The Morgan fingerprint density at radius 1 is 1.24 bits per heavy atom. The van der Waals surface area contributed by atoms with Crippen molar-refractivity contribution in [3.05, 3.63) is 47.1 Å². The molecule has 0 fully saturated rings. The molecule has 0 bridgehead atoms. The summed E-state index contributed by atoms with van der Waals surface area (Å²) in [4.78, 5) is 4.36. The van der Waals surface area contributed by atoms with Crippen LogP contribution < -0.4 is 0 Å². The van der Waals surface area contributed by atoms with Gasteiger partial charge in [0.1, 0.15) is 5.69 Å². The van der Waals surface area contributed by atoms with E-state index in [2.05, 4.69) is 41.1 Å². The summed E-state index contributed by atoms with van der Waals surface area (Å²) in [6.45, 7) is -2.91. The Balaban J connectivity index is 1.85. The highest BCUT2D eigenvalue weighted by atomic mass is 79.9. The van der Waals surface area contributed by atoms with E-state index in [1.807, 2.05) is 12.1 Å². The van der Waals surface area contributed by atoms with E-state index in [1.165, 1.54) is 0 Å². The molecule has 0 aliphatic heterocycles. The minimum absolute atomic E-state index is 0.111. The fraction of sp³-hybridized carbons (Fsp3) is 0.333. The van der Waals surface area contributed by atoms with Crippen molar-refractivity contribution >= 4 is 15.9 Å². The van der Waals surface area contributed by atoms with E-state index < -0.39 is 6.61 Å². The van der Waals surface area contributed by atoms with Gasteiger partial charge in [0.15, 0.2) is 0 Å². The van der Waals surface area contributed by atoms with Crippen LogP contribution in [-0.2, 0) is 11.8 Å². The van der Waals surface area contributed by atoms with Crippen LogP contribution in [0.25, 0.3) is 11.3 Å². The predicted molar refractivity (Wildman–Crippen MR) is 88.9 cm³/mol. The zero-order valence-corrected chi connectivity index (χ0v) is 14.8. The lowest BCUT2D eigenvalue weighted by atomic mass is 10.1. The van der Waals surface area contributed by atoms with Gasteiger partial charge in [-0.05, 0) is 34.5 Å². The maximum Gasteiger partial charge on any atom is 0.345 e. The van der Waals surface area contributed by atoms with Crippen LogP contribution in [0.5, 0.6) is 0 Å². The van der Waals surface area contributed by atoms with Gasteiger partial charge < -0.3 is 4.74 Å². The first-order valence-electron chi connectivity index (χ1n) is 7.45. The zero-order chi connectivity index (χ0) is 17.8. The monoisotopic (exact) mass is 412 g/mol. The molecule has 0 aromatic carbocycles. The third-order valence-corrected chi connectivity index (χ3v) is 4.02. The molecule has 3 aromatic heterocycles. The van der Waals surface area contributed by atoms with Crippen LogP contribution in [0.15, 0.2) is 41.4 Å². The molecule has 25 heavy (non-hydrogen) atoms. The van der Waals surface area contributed by atoms with Gasteiger partial charge in [0.2, 0.25) is 0 Å². The zero-order valence-electron chi connectivity index (χ0n) is 13.3. The van der Waals surface area contributed by atoms with Gasteiger partial charge in [-0.3, -0.25) is 14.3 Å². The van der Waals surface area contributed by atoms with E-state index in [-0.39, 0.29) is 12.6 Å². The van der Waals surface area contributed by atoms with Gasteiger partial charge in [-0.15, -0.1) is 5.10 Å². The van der Waals surface area contributed by atoms with E-state index in [4.69, 9.17) is 0 Å². The van der Waals surface area contributed by atoms with Crippen molar-refractivity contribution in [3.63, 3.8) is 0 Å². The van der Waals surface area contributed by atoms with Gasteiger partial charge in [0.05, 0.1) is 30.7 Å². The molecule has 3 aromatic rings. The Hall–Kier alpha value is -2.20. The molecule has 7 nitrogen and oxygen atoms in total. The van der Waals surface area contributed by atoms with Crippen LogP contribution in [0.1, 0.15) is 18.2 Å². The molecule has 0 amide bonds. The van der Waals surface area contributed by atoms with Gasteiger partial charge in [0.25, 0.3) is 0 Å².